The van der Waals surface area contributed by atoms with Crippen molar-refractivity contribution in [2.75, 3.05) is 0 Å². The van der Waals surface area contributed by atoms with Gasteiger partial charge in [-0.05, 0) is 61.7 Å². The highest BCUT2D eigenvalue weighted by molar-refractivity contribution is 5.94. The van der Waals surface area contributed by atoms with E-state index in [-0.39, 0.29) is 17.2 Å². The van der Waals surface area contributed by atoms with Gasteiger partial charge in [-0.25, -0.2) is 0 Å². The molecule has 94 valence electrons. The van der Waals surface area contributed by atoms with Gasteiger partial charge in [-0.15, -0.1) is 0 Å². The van der Waals surface area contributed by atoms with Gasteiger partial charge in [-0.3, -0.25) is 14.9 Å². The van der Waals surface area contributed by atoms with Crippen LogP contribution in [0, 0.1) is 23.2 Å². The number of amides is 2. The third-order valence-electron chi connectivity index (χ3n) is 5.02. The van der Waals surface area contributed by atoms with Crippen LogP contribution in [0.5, 0.6) is 0 Å². The molecule has 4 saturated carbocycles. The number of imide groups is 1. The highest BCUT2D eigenvalue weighted by Gasteiger charge is 2.51. The number of hydrogen-bond acceptors (Lipinski definition) is 2. The van der Waals surface area contributed by atoms with Gasteiger partial charge in [0.25, 0.3) is 0 Å². The quantitative estimate of drug-likeness (QED) is 0.798. The third-order valence-corrected chi connectivity index (χ3v) is 5.02. The van der Waals surface area contributed by atoms with Gasteiger partial charge >= 0.3 is 0 Å². The molecule has 4 bridgehead atoms. The van der Waals surface area contributed by atoms with Crippen molar-refractivity contribution in [1.82, 2.24) is 5.32 Å². The lowest BCUT2D eigenvalue weighted by molar-refractivity contribution is -0.134. The topological polar surface area (TPSA) is 46.2 Å². The summed E-state index contributed by atoms with van der Waals surface area (Å²) in [5, 5.41) is 2.44. The van der Waals surface area contributed by atoms with Crippen molar-refractivity contribution in [3.05, 3.63) is 0 Å². The van der Waals surface area contributed by atoms with Gasteiger partial charge in [0.1, 0.15) is 0 Å². The fourth-order valence-corrected chi connectivity index (χ4v) is 5.09. The second-order valence-electron chi connectivity index (χ2n) is 6.70. The second kappa shape index (κ2) is 3.82. The lowest BCUT2D eigenvalue weighted by Gasteiger charge is -2.56. The van der Waals surface area contributed by atoms with Crippen LogP contribution in [0.4, 0.5) is 0 Å². The molecule has 4 aliphatic rings. The standard InChI is InChI=1S/C14H21NO2/c1-9(16)15-13(17)8-14-5-10-2-11(6-14)4-12(3-10)7-14/h10-12H,2-8H2,1H3,(H,15,16,17). The summed E-state index contributed by atoms with van der Waals surface area (Å²) in [5.41, 5.74) is 0.244. The van der Waals surface area contributed by atoms with Crippen molar-refractivity contribution in [3.63, 3.8) is 0 Å². The van der Waals surface area contributed by atoms with Crippen LogP contribution in [0.15, 0.2) is 0 Å². The van der Waals surface area contributed by atoms with E-state index >= 15 is 0 Å². The Balaban J connectivity index is 1.70. The van der Waals surface area contributed by atoms with Crippen LogP contribution < -0.4 is 5.32 Å². The van der Waals surface area contributed by atoms with Crippen molar-refractivity contribution in [2.45, 2.75) is 51.9 Å². The van der Waals surface area contributed by atoms with E-state index in [1.54, 1.807) is 0 Å². The zero-order valence-electron chi connectivity index (χ0n) is 10.5. The molecule has 3 heteroatoms. The Bertz CT molecular complexity index is 326. The molecule has 0 unspecified atom stereocenters. The predicted molar refractivity (Wildman–Crippen MR) is 64.0 cm³/mol. The molecule has 0 saturated heterocycles. The van der Waals surface area contributed by atoms with Gasteiger partial charge in [0.2, 0.25) is 11.8 Å². The van der Waals surface area contributed by atoms with Crippen LogP contribution in [0.25, 0.3) is 0 Å². The minimum absolute atomic E-state index is 0.0561. The van der Waals surface area contributed by atoms with Gasteiger partial charge in [0, 0.05) is 13.3 Å². The van der Waals surface area contributed by atoms with E-state index in [9.17, 15) is 9.59 Å². The van der Waals surface area contributed by atoms with Crippen molar-refractivity contribution < 1.29 is 9.59 Å². The first-order chi connectivity index (χ1) is 8.05. The Morgan fingerprint density at radius 1 is 1.06 bits per heavy atom. The number of rotatable bonds is 2. The molecule has 3 nitrogen and oxygen atoms in total. The molecule has 0 heterocycles. The maximum Gasteiger partial charge on any atom is 0.227 e. The van der Waals surface area contributed by atoms with Crippen molar-refractivity contribution in [2.24, 2.45) is 23.2 Å². The molecule has 4 aliphatic carbocycles. The van der Waals surface area contributed by atoms with Gasteiger partial charge in [-0.1, -0.05) is 0 Å². The summed E-state index contributed by atoms with van der Waals surface area (Å²) in [4.78, 5) is 22.7. The molecule has 1 N–H and O–H groups in total. The first-order valence-electron chi connectivity index (χ1n) is 6.85. The van der Waals surface area contributed by atoms with Gasteiger partial charge in [0.15, 0.2) is 0 Å². The second-order valence-corrected chi connectivity index (χ2v) is 6.70. The highest BCUT2D eigenvalue weighted by Crippen LogP contribution is 2.61. The predicted octanol–water partition coefficient (Wildman–Crippen LogP) is 2.26. The lowest BCUT2D eigenvalue weighted by atomic mass is 9.49. The van der Waals surface area contributed by atoms with Crippen molar-refractivity contribution in [3.8, 4) is 0 Å². The maximum absolute atomic E-state index is 11.8. The molecule has 0 aromatic heterocycles. The third kappa shape index (κ3) is 2.12. The fraction of sp³-hybridized carbons (Fsp3) is 0.857. The minimum atomic E-state index is -0.222. The molecule has 0 spiro atoms. The number of hydrogen-bond donors (Lipinski definition) is 1. The summed E-state index contributed by atoms with van der Waals surface area (Å²) in [6.07, 6.45) is 8.45. The van der Waals surface area contributed by atoms with Crippen LogP contribution >= 0.6 is 0 Å². The first-order valence-corrected chi connectivity index (χ1v) is 6.85. The van der Waals surface area contributed by atoms with Gasteiger partial charge < -0.3 is 0 Å². The van der Waals surface area contributed by atoms with Gasteiger partial charge in [0.05, 0.1) is 0 Å². The normalized spacial score (nSPS) is 42.5. The Morgan fingerprint density at radius 2 is 1.53 bits per heavy atom. The van der Waals surface area contributed by atoms with Crippen LogP contribution in [0.2, 0.25) is 0 Å². The molecule has 0 aromatic rings. The molecular formula is C14H21NO2. The summed E-state index contributed by atoms with van der Waals surface area (Å²) >= 11 is 0. The SMILES string of the molecule is CC(=O)NC(=O)CC12CC3CC(CC(C3)C1)C2. The average Bonchev–Trinajstić information content (AvgIpc) is 2.11. The molecular weight excluding hydrogens is 214 g/mol. The smallest absolute Gasteiger partial charge is 0.227 e. The average molecular weight is 235 g/mol. The molecule has 2 amide bonds. The molecule has 0 radical (unpaired) electrons. The Hall–Kier alpha value is -0.860. The van der Waals surface area contributed by atoms with Crippen molar-refractivity contribution >= 4 is 11.8 Å². The van der Waals surface area contributed by atoms with E-state index in [1.807, 2.05) is 0 Å². The number of carbonyl (C=O) groups is 2. The van der Waals surface area contributed by atoms with Crippen LogP contribution in [-0.2, 0) is 9.59 Å². The van der Waals surface area contributed by atoms with E-state index in [4.69, 9.17) is 0 Å². The highest BCUT2D eigenvalue weighted by atomic mass is 16.2. The molecule has 4 fully saturated rings. The fourth-order valence-electron chi connectivity index (χ4n) is 5.09. The first kappa shape index (κ1) is 11.2. The van der Waals surface area contributed by atoms with Crippen molar-refractivity contribution in [1.29, 1.82) is 0 Å². The van der Waals surface area contributed by atoms with E-state index in [0.717, 1.165) is 17.8 Å². The largest absolute Gasteiger partial charge is 0.297 e. The zero-order valence-corrected chi connectivity index (χ0v) is 10.5. The monoisotopic (exact) mass is 235 g/mol. The summed E-state index contributed by atoms with van der Waals surface area (Å²) in [6, 6.07) is 0. The number of carbonyl (C=O) groups excluding carboxylic acids is 2. The van der Waals surface area contributed by atoms with E-state index in [2.05, 4.69) is 5.32 Å². The van der Waals surface area contributed by atoms with Crippen LogP contribution in [0.1, 0.15) is 51.9 Å². The minimum Gasteiger partial charge on any atom is -0.297 e. The number of nitrogens with one attached hydrogen (secondary N) is 1. The Kier molecular flexibility index (Phi) is 2.53. The molecule has 17 heavy (non-hydrogen) atoms. The van der Waals surface area contributed by atoms with Crippen LogP contribution in [-0.4, -0.2) is 11.8 Å². The van der Waals surface area contributed by atoms with E-state index in [1.165, 1.54) is 45.4 Å². The van der Waals surface area contributed by atoms with Gasteiger partial charge in [-0.2, -0.15) is 0 Å². The summed E-state index contributed by atoms with van der Waals surface area (Å²) in [7, 11) is 0. The molecule has 0 atom stereocenters. The molecule has 0 aliphatic heterocycles. The lowest BCUT2D eigenvalue weighted by Crippen LogP contribution is -2.48. The summed E-state index contributed by atoms with van der Waals surface area (Å²) in [6.45, 7) is 1.41. The van der Waals surface area contributed by atoms with E-state index < -0.39 is 0 Å². The summed E-state index contributed by atoms with van der Waals surface area (Å²) < 4.78 is 0. The molecule has 0 aromatic carbocycles. The summed E-state index contributed by atoms with van der Waals surface area (Å²) in [5.74, 6) is 2.32. The van der Waals surface area contributed by atoms with Crippen LogP contribution in [0.3, 0.4) is 0 Å². The Labute approximate surface area is 102 Å². The zero-order chi connectivity index (χ0) is 12.0. The Morgan fingerprint density at radius 3 is 1.94 bits per heavy atom. The maximum atomic E-state index is 11.8. The van der Waals surface area contributed by atoms with E-state index in [0.29, 0.717) is 6.42 Å². The molecule has 4 rings (SSSR count).